The number of aromatic nitrogens is 3. The topological polar surface area (TPSA) is 83.4 Å². The summed E-state index contributed by atoms with van der Waals surface area (Å²) >= 11 is 0. The average Bonchev–Trinajstić information content (AvgIpc) is 3.37. The third-order valence-electron chi connectivity index (χ3n) is 5.52. The van der Waals surface area contributed by atoms with Gasteiger partial charge in [-0.3, -0.25) is 4.79 Å². The van der Waals surface area contributed by atoms with Crippen molar-refractivity contribution in [3.8, 4) is 0 Å². The number of allylic oxidation sites excluding steroid dienone is 1. The van der Waals surface area contributed by atoms with Crippen molar-refractivity contribution in [2.24, 2.45) is 0 Å². The fourth-order valence-electron chi connectivity index (χ4n) is 3.65. The molecule has 3 aromatic rings. The highest BCUT2D eigenvalue weighted by Gasteiger charge is 2.24. The van der Waals surface area contributed by atoms with Crippen molar-refractivity contribution in [2.75, 3.05) is 10.6 Å². The maximum Gasteiger partial charge on any atom is 0.228 e. The second-order valence-electron chi connectivity index (χ2n) is 8.07. The van der Waals surface area contributed by atoms with E-state index in [9.17, 15) is 9.18 Å². The van der Waals surface area contributed by atoms with Crippen molar-refractivity contribution in [1.82, 2.24) is 19.9 Å². The highest BCUT2D eigenvalue weighted by molar-refractivity contribution is 5.89. The first-order valence-corrected chi connectivity index (χ1v) is 10.3. The SMILES string of the molecule is C=C1NC(=O)C/C1=C\c1cnn2c(NC3CC3)cc(NC(C)c3ccc(F)cc3)nc12. The van der Waals surface area contributed by atoms with E-state index in [1.165, 1.54) is 12.1 Å². The van der Waals surface area contributed by atoms with Gasteiger partial charge in [0.15, 0.2) is 5.65 Å². The van der Waals surface area contributed by atoms with Crippen LogP contribution in [0.2, 0.25) is 0 Å². The zero-order valence-electron chi connectivity index (χ0n) is 17.2. The van der Waals surface area contributed by atoms with Crippen LogP contribution >= 0.6 is 0 Å². The lowest BCUT2D eigenvalue weighted by Crippen LogP contribution is -2.12. The molecule has 1 atom stereocenters. The highest BCUT2D eigenvalue weighted by atomic mass is 19.1. The van der Waals surface area contributed by atoms with Gasteiger partial charge in [-0.15, -0.1) is 0 Å². The lowest BCUT2D eigenvalue weighted by molar-refractivity contribution is -0.118. The summed E-state index contributed by atoms with van der Waals surface area (Å²) in [6, 6.07) is 8.75. The Morgan fingerprint density at radius 3 is 2.77 bits per heavy atom. The van der Waals surface area contributed by atoms with Crippen LogP contribution in [0.15, 0.2) is 54.4 Å². The summed E-state index contributed by atoms with van der Waals surface area (Å²) in [6.07, 6.45) is 6.21. The Morgan fingerprint density at radius 1 is 1.32 bits per heavy atom. The molecule has 0 radical (unpaired) electrons. The molecule has 0 spiro atoms. The van der Waals surface area contributed by atoms with Crippen molar-refractivity contribution >= 4 is 29.3 Å². The van der Waals surface area contributed by atoms with Crippen LogP contribution < -0.4 is 16.0 Å². The second-order valence-corrected chi connectivity index (χ2v) is 8.07. The zero-order valence-corrected chi connectivity index (χ0v) is 17.2. The number of halogens is 1. The van der Waals surface area contributed by atoms with Crippen LogP contribution in [0.5, 0.6) is 0 Å². The van der Waals surface area contributed by atoms with Crippen LogP contribution in [-0.4, -0.2) is 26.5 Å². The van der Waals surface area contributed by atoms with Gasteiger partial charge in [-0.25, -0.2) is 9.37 Å². The molecule has 158 valence electrons. The van der Waals surface area contributed by atoms with Gasteiger partial charge in [0.2, 0.25) is 5.91 Å². The third kappa shape index (κ3) is 4.01. The summed E-state index contributed by atoms with van der Waals surface area (Å²) in [7, 11) is 0. The van der Waals surface area contributed by atoms with Gasteiger partial charge >= 0.3 is 0 Å². The zero-order chi connectivity index (χ0) is 21.5. The Bertz CT molecular complexity index is 1210. The van der Waals surface area contributed by atoms with E-state index >= 15 is 0 Å². The van der Waals surface area contributed by atoms with Crippen LogP contribution in [-0.2, 0) is 4.79 Å². The number of carbonyl (C=O) groups is 1. The standard InChI is InChI=1S/C23H23FN6O/c1-13(15-3-5-18(24)6-4-15)26-20-11-21(28-19-7-8-19)30-23(29-20)17(12-25-30)9-16-10-22(31)27-14(16)2/h3-6,9,11-13,19,28H,2,7-8,10H2,1H3,(H,26,29)(H,27,31)/b16-9+. The van der Waals surface area contributed by atoms with Gasteiger partial charge in [0.1, 0.15) is 17.5 Å². The number of carbonyl (C=O) groups excluding carboxylic acids is 1. The molecule has 8 heteroatoms. The normalized spacial score (nSPS) is 18.5. The maximum atomic E-state index is 13.3. The lowest BCUT2D eigenvalue weighted by atomic mass is 10.1. The molecular formula is C23H23FN6O. The largest absolute Gasteiger partial charge is 0.367 e. The molecule has 5 rings (SSSR count). The van der Waals surface area contributed by atoms with E-state index in [0.29, 0.717) is 29.6 Å². The number of fused-ring (bicyclic) bond motifs is 1. The monoisotopic (exact) mass is 418 g/mol. The number of anilines is 2. The van der Waals surface area contributed by atoms with Crippen molar-refractivity contribution < 1.29 is 9.18 Å². The number of benzene rings is 1. The summed E-state index contributed by atoms with van der Waals surface area (Å²) in [5, 5.41) is 14.2. The minimum absolute atomic E-state index is 0.0627. The first kappa shape index (κ1) is 19.3. The molecule has 31 heavy (non-hydrogen) atoms. The molecular weight excluding hydrogens is 395 g/mol. The van der Waals surface area contributed by atoms with Gasteiger partial charge in [-0.2, -0.15) is 9.61 Å². The molecule has 1 unspecified atom stereocenters. The van der Waals surface area contributed by atoms with Crippen molar-refractivity contribution in [3.63, 3.8) is 0 Å². The molecule has 3 heterocycles. The predicted octanol–water partition coefficient (Wildman–Crippen LogP) is 4.03. The summed E-state index contributed by atoms with van der Waals surface area (Å²) in [6.45, 7) is 5.92. The average molecular weight is 418 g/mol. The number of hydrogen-bond donors (Lipinski definition) is 3. The Morgan fingerprint density at radius 2 is 2.10 bits per heavy atom. The van der Waals surface area contributed by atoms with Gasteiger partial charge in [0, 0.05) is 29.4 Å². The number of hydrogen-bond acceptors (Lipinski definition) is 5. The molecule has 1 saturated heterocycles. The van der Waals surface area contributed by atoms with Crippen LogP contribution in [0.4, 0.5) is 16.0 Å². The molecule has 2 aliphatic rings. The molecule has 1 amide bonds. The van der Waals surface area contributed by atoms with E-state index < -0.39 is 0 Å². The summed E-state index contributed by atoms with van der Waals surface area (Å²) in [4.78, 5) is 16.5. The first-order valence-electron chi connectivity index (χ1n) is 10.3. The van der Waals surface area contributed by atoms with Gasteiger partial charge in [-0.1, -0.05) is 18.7 Å². The molecule has 2 fully saturated rings. The first-order chi connectivity index (χ1) is 15.0. The molecule has 2 aromatic heterocycles. The van der Waals surface area contributed by atoms with Gasteiger partial charge in [0.25, 0.3) is 0 Å². The molecule has 7 nitrogen and oxygen atoms in total. The second kappa shape index (κ2) is 7.54. The Balaban J connectivity index is 1.52. The Hall–Kier alpha value is -3.68. The van der Waals surface area contributed by atoms with E-state index in [1.54, 1.807) is 22.8 Å². The fourth-order valence-corrected chi connectivity index (χ4v) is 3.65. The number of nitrogens with one attached hydrogen (secondary N) is 3. The minimum Gasteiger partial charge on any atom is -0.367 e. The van der Waals surface area contributed by atoms with E-state index in [1.807, 2.05) is 19.1 Å². The van der Waals surface area contributed by atoms with Gasteiger partial charge in [0.05, 0.1) is 12.6 Å². The molecule has 1 aliphatic heterocycles. The molecule has 3 N–H and O–H groups in total. The molecule has 1 aliphatic carbocycles. The minimum atomic E-state index is -0.259. The van der Waals surface area contributed by atoms with Crippen molar-refractivity contribution in [2.45, 2.75) is 38.3 Å². The summed E-state index contributed by atoms with van der Waals surface area (Å²) < 4.78 is 15.1. The molecule has 0 bridgehead atoms. The van der Waals surface area contributed by atoms with Crippen molar-refractivity contribution in [3.05, 3.63) is 71.3 Å². The van der Waals surface area contributed by atoms with E-state index in [-0.39, 0.29) is 17.8 Å². The summed E-state index contributed by atoms with van der Waals surface area (Å²) in [5.74, 6) is 1.22. The third-order valence-corrected chi connectivity index (χ3v) is 5.52. The fraction of sp³-hybridized carbons (Fsp3) is 0.261. The summed E-state index contributed by atoms with van der Waals surface area (Å²) in [5.41, 5.74) is 3.89. The van der Waals surface area contributed by atoms with Gasteiger partial charge < -0.3 is 16.0 Å². The Kier molecular flexibility index (Phi) is 4.69. The smallest absolute Gasteiger partial charge is 0.228 e. The van der Waals surface area contributed by atoms with Crippen LogP contribution in [0.3, 0.4) is 0 Å². The van der Waals surface area contributed by atoms with Crippen LogP contribution in [0.1, 0.15) is 43.4 Å². The van der Waals surface area contributed by atoms with Gasteiger partial charge in [-0.05, 0) is 49.1 Å². The van der Waals surface area contributed by atoms with Crippen molar-refractivity contribution in [1.29, 1.82) is 0 Å². The van der Waals surface area contributed by atoms with Crippen LogP contribution in [0.25, 0.3) is 11.7 Å². The highest BCUT2D eigenvalue weighted by Crippen LogP contribution is 2.29. The lowest BCUT2D eigenvalue weighted by Gasteiger charge is -2.17. The van der Waals surface area contributed by atoms with E-state index in [2.05, 4.69) is 27.6 Å². The predicted molar refractivity (Wildman–Crippen MR) is 118 cm³/mol. The number of nitrogens with zero attached hydrogens (tertiary/aromatic N) is 3. The quantitative estimate of drug-likeness (QED) is 0.563. The van der Waals surface area contributed by atoms with E-state index in [0.717, 1.165) is 35.4 Å². The Labute approximate surface area is 179 Å². The molecule has 1 aromatic carbocycles. The van der Waals surface area contributed by atoms with E-state index in [4.69, 9.17) is 4.98 Å². The molecule has 1 saturated carbocycles. The maximum absolute atomic E-state index is 13.3. The van der Waals surface area contributed by atoms with Crippen LogP contribution in [0, 0.1) is 5.82 Å². The number of amides is 1. The number of rotatable bonds is 6.